The van der Waals surface area contributed by atoms with E-state index < -0.39 is 0 Å². The van der Waals surface area contributed by atoms with Crippen LogP contribution in [0.4, 0.5) is 0 Å². The molecule has 0 aromatic carbocycles. The van der Waals surface area contributed by atoms with E-state index in [1.807, 2.05) is 0 Å². The molecule has 0 aliphatic carbocycles. The lowest BCUT2D eigenvalue weighted by Gasteiger charge is -2.28. The van der Waals surface area contributed by atoms with Crippen molar-refractivity contribution in [1.82, 2.24) is 4.90 Å². The van der Waals surface area contributed by atoms with Gasteiger partial charge in [0.2, 0.25) is 0 Å². The summed E-state index contributed by atoms with van der Waals surface area (Å²) in [6.45, 7) is 3.19. The Bertz CT molecular complexity index is 265. The molecule has 0 amide bonds. The summed E-state index contributed by atoms with van der Waals surface area (Å²) in [6, 6.07) is 0. The van der Waals surface area contributed by atoms with Gasteiger partial charge in [-0.2, -0.15) is 0 Å². The van der Waals surface area contributed by atoms with Gasteiger partial charge in [0.1, 0.15) is 0 Å². The summed E-state index contributed by atoms with van der Waals surface area (Å²) in [5.41, 5.74) is 0. The summed E-state index contributed by atoms with van der Waals surface area (Å²) < 4.78 is 4.61. The molecule has 4 heteroatoms. The van der Waals surface area contributed by atoms with Crippen LogP contribution in [0.3, 0.4) is 0 Å². The van der Waals surface area contributed by atoms with Gasteiger partial charge in [-0.15, -0.1) is 0 Å². The molecule has 0 aromatic heterocycles. The van der Waals surface area contributed by atoms with E-state index in [4.69, 9.17) is 0 Å². The van der Waals surface area contributed by atoms with Gasteiger partial charge in [0.05, 0.1) is 13.2 Å². The van der Waals surface area contributed by atoms with Gasteiger partial charge in [-0.1, -0.05) is 38.5 Å². The van der Waals surface area contributed by atoms with Crippen LogP contribution in [0, 0.1) is 0 Å². The zero-order valence-corrected chi connectivity index (χ0v) is 13.7. The summed E-state index contributed by atoms with van der Waals surface area (Å²) in [4.78, 5) is 13.3. The largest absolute Gasteiger partial charge is 0.469 e. The molecule has 0 unspecified atom stereocenters. The third-order valence-electron chi connectivity index (χ3n) is 4.31. The number of nitrogens with zero attached hydrogens (tertiary/aromatic N) is 1. The lowest BCUT2D eigenvalue weighted by molar-refractivity contribution is -0.140. The number of rotatable bonds is 11. The number of carbonyl (C=O) groups excluding carboxylic acids is 1. The maximum absolute atomic E-state index is 10.9. The molecule has 0 bridgehead atoms. The fourth-order valence-electron chi connectivity index (χ4n) is 2.99. The van der Waals surface area contributed by atoms with Crippen molar-refractivity contribution in [3.8, 4) is 0 Å². The van der Waals surface area contributed by atoms with E-state index in [0.29, 0.717) is 6.42 Å². The Morgan fingerprint density at radius 1 is 1.05 bits per heavy atom. The molecule has 1 atom stereocenters. The molecule has 124 valence electrons. The minimum absolute atomic E-state index is 0.101. The van der Waals surface area contributed by atoms with Crippen LogP contribution in [0.15, 0.2) is 0 Å². The zero-order valence-electron chi connectivity index (χ0n) is 13.7. The van der Waals surface area contributed by atoms with E-state index in [-0.39, 0.29) is 12.1 Å². The zero-order chi connectivity index (χ0) is 15.3. The summed E-state index contributed by atoms with van der Waals surface area (Å²) in [6.07, 6.45) is 12.0. The quantitative estimate of drug-likeness (QED) is 0.470. The Kier molecular flexibility index (Phi) is 10.5. The molecular formula is C17H33NO3. The Morgan fingerprint density at radius 3 is 2.33 bits per heavy atom. The van der Waals surface area contributed by atoms with Gasteiger partial charge in [-0.3, -0.25) is 4.79 Å². The van der Waals surface area contributed by atoms with Crippen molar-refractivity contribution in [3.05, 3.63) is 0 Å². The highest BCUT2D eigenvalue weighted by molar-refractivity contribution is 5.68. The lowest BCUT2D eigenvalue weighted by Crippen LogP contribution is -2.36. The highest BCUT2D eigenvalue weighted by Crippen LogP contribution is 2.13. The first-order chi connectivity index (χ1) is 10.2. The Balaban J connectivity index is 1.85. The molecule has 1 rings (SSSR count). The van der Waals surface area contributed by atoms with Crippen molar-refractivity contribution in [2.45, 2.75) is 76.7 Å². The monoisotopic (exact) mass is 299 g/mol. The predicted molar refractivity (Wildman–Crippen MR) is 85.2 cm³/mol. The topological polar surface area (TPSA) is 49.8 Å². The molecule has 1 aliphatic rings. The van der Waals surface area contributed by atoms with Crippen LogP contribution in [0.2, 0.25) is 0 Å². The maximum Gasteiger partial charge on any atom is 0.305 e. The number of β-amino-alcohol motifs (C(OH)–C–C–N with tert-alkyl or cyclic N) is 1. The van der Waals surface area contributed by atoms with E-state index in [2.05, 4.69) is 9.64 Å². The van der Waals surface area contributed by atoms with Crippen molar-refractivity contribution in [3.63, 3.8) is 0 Å². The molecule has 1 aliphatic heterocycles. The van der Waals surface area contributed by atoms with Gasteiger partial charge >= 0.3 is 5.97 Å². The number of piperidine rings is 1. The van der Waals surface area contributed by atoms with Crippen molar-refractivity contribution in [2.24, 2.45) is 0 Å². The molecular weight excluding hydrogens is 266 g/mol. The third kappa shape index (κ3) is 9.86. The fraction of sp³-hybridized carbons (Fsp3) is 0.941. The lowest BCUT2D eigenvalue weighted by atomic mass is 10.0. The summed E-state index contributed by atoms with van der Waals surface area (Å²) >= 11 is 0. The molecule has 1 fully saturated rings. The van der Waals surface area contributed by atoms with Crippen LogP contribution in [0.25, 0.3) is 0 Å². The van der Waals surface area contributed by atoms with Crippen molar-refractivity contribution >= 4 is 5.97 Å². The summed E-state index contributed by atoms with van der Waals surface area (Å²) in [5.74, 6) is -0.101. The highest BCUT2D eigenvalue weighted by Gasteiger charge is 2.13. The number of hydrogen-bond acceptors (Lipinski definition) is 4. The predicted octanol–water partition coefficient (Wildman–Crippen LogP) is 3.13. The van der Waals surface area contributed by atoms with Gasteiger partial charge < -0.3 is 14.7 Å². The van der Waals surface area contributed by atoms with Crippen LogP contribution in [-0.2, 0) is 9.53 Å². The Hall–Kier alpha value is -0.610. The molecule has 1 saturated heterocycles. The number of unbranched alkanes of at least 4 members (excludes halogenated alkanes) is 5. The number of methoxy groups -OCH3 is 1. The van der Waals surface area contributed by atoms with Gasteiger partial charge in [0.15, 0.2) is 0 Å². The molecule has 21 heavy (non-hydrogen) atoms. The number of ether oxygens (including phenoxy) is 1. The smallest absolute Gasteiger partial charge is 0.305 e. The average molecular weight is 299 g/mol. The van der Waals surface area contributed by atoms with Gasteiger partial charge in [-0.25, -0.2) is 0 Å². The second kappa shape index (κ2) is 12.0. The fourth-order valence-corrected chi connectivity index (χ4v) is 2.99. The van der Waals surface area contributed by atoms with E-state index in [9.17, 15) is 9.90 Å². The number of carbonyl (C=O) groups is 1. The van der Waals surface area contributed by atoms with E-state index in [1.165, 1.54) is 45.6 Å². The average Bonchev–Trinajstić information content (AvgIpc) is 2.50. The van der Waals surface area contributed by atoms with Gasteiger partial charge in [-0.05, 0) is 38.8 Å². The number of aliphatic hydroxyl groups excluding tert-OH is 1. The Morgan fingerprint density at radius 2 is 1.67 bits per heavy atom. The summed E-state index contributed by atoms with van der Waals surface area (Å²) in [5, 5.41) is 10.0. The van der Waals surface area contributed by atoms with Crippen LogP contribution < -0.4 is 0 Å². The normalized spacial score (nSPS) is 17.6. The standard InChI is InChI=1S/C17H33NO3/c1-21-17(20)12-8-5-3-2-4-7-11-16(19)15-18-13-9-6-10-14-18/h16,19H,2-15H2,1H3/t16-/m1/s1. The first-order valence-corrected chi connectivity index (χ1v) is 8.69. The van der Waals surface area contributed by atoms with Crippen LogP contribution in [0.5, 0.6) is 0 Å². The molecule has 0 aromatic rings. The molecule has 0 saturated carbocycles. The second-order valence-corrected chi connectivity index (χ2v) is 6.25. The maximum atomic E-state index is 10.9. The highest BCUT2D eigenvalue weighted by atomic mass is 16.5. The van der Waals surface area contributed by atoms with Crippen molar-refractivity contribution in [2.75, 3.05) is 26.7 Å². The van der Waals surface area contributed by atoms with E-state index >= 15 is 0 Å². The number of esters is 1. The summed E-state index contributed by atoms with van der Waals surface area (Å²) in [7, 11) is 1.44. The minimum Gasteiger partial charge on any atom is -0.469 e. The molecule has 0 radical (unpaired) electrons. The SMILES string of the molecule is COC(=O)CCCCCCCC[C@@H](O)CN1CCCCC1. The van der Waals surface area contributed by atoms with Crippen molar-refractivity contribution < 1.29 is 14.6 Å². The molecule has 0 spiro atoms. The number of likely N-dealkylation sites (tertiary alicyclic amines) is 1. The number of aliphatic hydroxyl groups is 1. The first-order valence-electron chi connectivity index (χ1n) is 8.69. The molecule has 4 nitrogen and oxygen atoms in total. The minimum atomic E-state index is -0.151. The number of hydrogen-bond donors (Lipinski definition) is 1. The first kappa shape index (κ1) is 18.4. The molecule has 1 heterocycles. The van der Waals surface area contributed by atoms with Crippen LogP contribution in [0.1, 0.15) is 70.6 Å². The van der Waals surface area contributed by atoms with E-state index in [0.717, 1.165) is 45.3 Å². The van der Waals surface area contributed by atoms with Gasteiger partial charge in [0.25, 0.3) is 0 Å². The Labute approximate surface area is 129 Å². The van der Waals surface area contributed by atoms with Gasteiger partial charge in [0, 0.05) is 13.0 Å². The molecule has 1 N–H and O–H groups in total. The van der Waals surface area contributed by atoms with Crippen molar-refractivity contribution in [1.29, 1.82) is 0 Å². The second-order valence-electron chi connectivity index (χ2n) is 6.25. The van der Waals surface area contributed by atoms with Crippen LogP contribution in [-0.4, -0.2) is 48.8 Å². The third-order valence-corrected chi connectivity index (χ3v) is 4.31. The van der Waals surface area contributed by atoms with Crippen LogP contribution >= 0.6 is 0 Å². The van der Waals surface area contributed by atoms with E-state index in [1.54, 1.807) is 0 Å².